The summed E-state index contributed by atoms with van der Waals surface area (Å²) in [6.45, 7) is 4.14. The minimum absolute atomic E-state index is 0.0499. The molecule has 5 rings (SSSR count). The molecule has 0 aromatic carbocycles. The Morgan fingerprint density at radius 3 is 2.27 bits per heavy atom. The van der Waals surface area contributed by atoms with E-state index in [4.69, 9.17) is 0 Å². The molecule has 22 heavy (non-hydrogen) atoms. The fourth-order valence-electron chi connectivity index (χ4n) is 5.96. The number of aromatic nitrogens is 2. The van der Waals surface area contributed by atoms with E-state index in [1.54, 1.807) is 4.68 Å². The van der Waals surface area contributed by atoms with Crippen LogP contribution in [0.1, 0.15) is 61.5 Å². The van der Waals surface area contributed by atoms with Crippen molar-refractivity contribution in [2.75, 3.05) is 0 Å². The minimum atomic E-state index is 0.0499. The van der Waals surface area contributed by atoms with Gasteiger partial charge < -0.3 is 5.32 Å². The zero-order chi connectivity index (χ0) is 15.5. The lowest BCUT2D eigenvalue weighted by Gasteiger charge is -2.59. The zero-order valence-electron chi connectivity index (χ0n) is 13.9. The lowest BCUT2D eigenvalue weighted by atomic mass is 9.48. The number of nitrogens with zero attached hydrogens (tertiary/aromatic N) is 2. The molecule has 0 saturated heterocycles. The van der Waals surface area contributed by atoms with Gasteiger partial charge in [0.2, 0.25) is 0 Å². The standard InChI is InChI=1S/C18H27N3O/c1-11-16(10-21(3)20-11)17(22)19-12(2)18-7-13-4-14(8-18)6-15(5-13)9-18/h10,12-15H,4-9H2,1-3H3,(H,19,22). The molecule has 120 valence electrons. The number of rotatable bonds is 3. The Hall–Kier alpha value is -1.32. The van der Waals surface area contributed by atoms with E-state index in [0.717, 1.165) is 29.0 Å². The Morgan fingerprint density at radius 1 is 1.27 bits per heavy atom. The van der Waals surface area contributed by atoms with Crippen LogP contribution in [-0.2, 0) is 7.05 Å². The molecule has 1 N–H and O–H groups in total. The molecule has 1 unspecified atom stereocenters. The number of aryl methyl sites for hydroxylation is 2. The monoisotopic (exact) mass is 301 g/mol. The summed E-state index contributed by atoms with van der Waals surface area (Å²) in [4.78, 5) is 12.6. The van der Waals surface area contributed by atoms with Gasteiger partial charge in [-0.2, -0.15) is 5.10 Å². The summed E-state index contributed by atoms with van der Waals surface area (Å²) in [5.41, 5.74) is 1.90. The van der Waals surface area contributed by atoms with Crippen molar-refractivity contribution in [3.63, 3.8) is 0 Å². The van der Waals surface area contributed by atoms with E-state index < -0.39 is 0 Å². The normalized spacial score (nSPS) is 37.3. The van der Waals surface area contributed by atoms with Crippen LogP contribution in [0.25, 0.3) is 0 Å². The summed E-state index contributed by atoms with van der Waals surface area (Å²) in [7, 11) is 1.87. The third-order valence-electron chi connectivity index (χ3n) is 6.61. The van der Waals surface area contributed by atoms with E-state index in [-0.39, 0.29) is 11.9 Å². The molecular formula is C18H27N3O. The molecule has 4 bridgehead atoms. The van der Waals surface area contributed by atoms with Crippen molar-refractivity contribution in [3.8, 4) is 0 Å². The van der Waals surface area contributed by atoms with E-state index in [1.807, 2.05) is 20.2 Å². The summed E-state index contributed by atoms with van der Waals surface area (Å²) >= 11 is 0. The van der Waals surface area contributed by atoms with Gasteiger partial charge in [0.05, 0.1) is 11.3 Å². The summed E-state index contributed by atoms with van der Waals surface area (Å²) in [6, 6.07) is 0.271. The van der Waals surface area contributed by atoms with Crippen LogP contribution in [0.5, 0.6) is 0 Å². The smallest absolute Gasteiger partial charge is 0.254 e. The van der Waals surface area contributed by atoms with Crippen molar-refractivity contribution in [3.05, 3.63) is 17.5 Å². The van der Waals surface area contributed by atoms with Crippen LogP contribution >= 0.6 is 0 Å². The summed E-state index contributed by atoms with van der Waals surface area (Å²) in [5.74, 6) is 2.82. The third kappa shape index (κ3) is 2.19. The largest absolute Gasteiger partial charge is 0.349 e. The van der Waals surface area contributed by atoms with Crippen molar-refractivity contribution in [2.45, 2.75) is 58.4 Å². The second kappa shape index (κ2) is 4.84. The second-order valence-corrected chi connectivity index (χ2v) is 8.28. The third-order valence-corrected chi connectivity index (χ3v) is 6.61. The molecule has 1 heterocycles. The molecular weight excluding hydrogens is 274 g/mol. The van der Waals surface area contributed by atoms with Gasteiger partial charge in [-0.15, -0.1) is 0 Å². The molecule has 1 amide bonds. The molecule has 4 heteroatoms. The van der Waals surface area contributed by atoms with E-state index >= 15 is 0 Å². The second-order valence-electron chi connectivity index (χ2n) is 8.28. The first-order valence-corrected chi connectivity index (χ1v) is 8.76. The Bertz CT molecular complexity index is 568. The Balaban J connectivity index is 1.51. The fraction of sp³-hybridized carbons (Fsp3) is 0.778. The van der Waals surface area contributed by atoms with Crippen molar-refractivity contribution in [1.82, 2.24) is 15.1 Å². The number of amides is 1. The van der Waals surface area contributed by atoms with Gasteiger partial charge >= 0.3 is 0 Å². The molecule has 0 spiro atoms. The highest BCUT2D eigenvalue weighted by atomic mass is 16.1. The van der Waals surface area contributed by atoms with Crippen molar-refractivity contribution >= 4 is 5.91 Å². The van der Waals surface area contributed by atoms with Crippen molar-refractivity contribution < 1.29 is 4.79 Å². The van der Waals surface area contributed by atoms with Gasteiger partial charge in [-0.25, -0.2) is 0 Å². The number of nitrogens with one attached hydrogen (secondary N) is 1. The van der Waals surface area contributed by atoms with Gasteiger partial charge in [0.15, 0.2) is 0 Å². The maximum Gasteiger partial charge on any atom is 0.254 e. The maximum atomic E-state index is 12.6. The van der Waals surface area contributed by atoms with E-state index in [9.17, 15) is 4.79 Å². The van der Waals surface area contributed by atoms with Crippen molar-refractivity contribution in [1.29, 1.82) is 0 Å². The number of carbonyl (C=O) groups excluding carboxylic acids is 1. The summed E-state index contributed by atoms with van der Waals surface area (Å²) in [6.07, 6.45) is 10.1. The zero-order valence-corrected chi connectivity index (χ0v) is 13.9. The first-order valence-electron chi connectivity index (χ1n) is 8.76. The van der Waals surface area contributed by atoms with Gasteiger partial charge in [0.1, 0.15) is 0 Å². The predicted octanol–water partition coefficient (Wildman–Crippen LogP) is 3.06. The number of carbonyl (C=O) groups is 1. The van der Waals surface area contributed by atoms with Crippen LogP contribution in [0, 0.1) is 30.1 Å². The van der Waals surface area contributed by atoms with Crippen LogP contribution in [-0.4, -0.2) is 21.7 Å². The van der Waals surface area contributed by atoms with E-state index in [0.29, 0.717) is 5.41 Å². The Labute approximate surface area is 132 Å². The summed E-state index contributed by atoms with van der Waals surface area (Å²) < 4.78 is 1.72. The van der Waals surface area contributed by atoms with E-state index in [1.165, 1.54) is 38.5 Å². The van der Waals surface area contributed by atoms with Gasteiger partial charge in [-0.05, 0) is 75.5 Å². The first-order chi connectivity index (χ1) is 10.4. The molecule has 4 aliphatic rings. The van der Waals surface area contributed by atoms with Crippen LogP contribution in [0.2, 0.25) is 0 Å². The number of hydrogen-bond acceptors (Lipinski definition) is 2. The summed E-state index contributed by atoms with van der Waals surface area (Å²) in [5, 5.41) is 7.60. The molecule has 1 aromatic heterocycles. The van der Waals surface area contributed by atoms with Gasteiger partial charge in [-0.3, -0.25) is 9.48 Å². The lowest BCUT2D eigenvalue weighted by Crippen LogP contribution is -2.55. The average Bonchev–Trinajstić information content (AvgIpc) is 2.76. The molecule has 4 saturated carbocycles. The maximum absolute atomic E-state index is 12.6. The Morgan fingerprint density at radius 2 is 1.82 bits per heavy atom. The minimum Gasteiger partial charge on any atom is -0.349 e. The highest BCUT2D eigenvalue weighted by Gasteiger charge is 2.53. The fourth-order valence-corrected chi connectivity index (χ4v) is 5.96. The SMILES string of the molecule is Cc1nn(C)cc1C(=O)NC(C)C12CC3CC(CC(C3)C1)C2. The molecule has 1 aromatic rings. The highest BCUT2D eigenvalue weighted by molar-refractivity contribution is 5.95. The molecule has 4 nitrogen and oxygen atoms in total. The van der Waals surface area contributed by atoms with Gasteiger partial charge in [0, 0.05) is 19.3 Å². The number of hydrogen-bond donors (Lipinski definition) is 1. The average molecular weight is 301 g/mol. The van der Waals surface area contributed by atoms with E-state index in [2.05, 4.69) is 17.3 Å². The van der Waals surface area contributed by atoms with Crippen LogP contribution < -0.4 is 5.32 Å². The topological polar surface area (TPSA) is 46.9 Å². The molecule has 4 aliphatic carbocycles. The molecule has 4 fully saturated rings. The highest BCUT2D eigenvalue weighted by Crippen LogP contribution is 2.61. The van der Waals surface area contributed by atoms with Crippen molar-refractivity contribution in [2.24, 2.45) is 30.2 Å². The molecule has 1 atom stereocenters. The predicted molar refractivity (Wildman–Crippen MR) is 85.5 cm³/mol. The quantitative estimate of drug-likeness (QED) is 0.932. The van der Waals surface area contributed by atoms with Gasteiger partial charge in [-0.1, -0.05) is 0 Å². The molecule has 0 radical (unpaired) electrons. The Kier molecular flexibility index (Phi) is 3.14. The van der Waals surface area contributed by atoms with Crippen LogP contribution in [0.4, 0.5) is 0 Å². The first kappa shape index (κ1) is 14.3. The van der Waals surface area contributed by atoms with Crippen LogP contribution in [0.3, 0.4) is 0 Å². The van der Waals surface area contributed by atoms with Crippen LogP contribution in [0.15, 0.2) is 6.20 Å². The molecule has 0 aliphatic heterocycles. The van der Waals surface area contributed by atoms with Gasteiger partial charge in [0.25, 0.3) is 5.91 Å². The lowest BCUT2D eigenvalue weighted by molar-refractivity contribution is -0.0688.